The third kappa shape index (κ3) is 3.06. The Morgan fingerprint density at radius 3 is 2.62 bits per heavy atom. The molecule has 2 aliphatic rings. The number of ether oxygens (including phenoxy) is 1. The van der Waals surface area contributed by atoms with Crippen molar-refractivity contribution in [3.63, 3.8) is 0 Å². The molecule has 1 heterocycles. The van der Waals surface area contributed by atoms with Crippen molar-refractivity contribution in [1.29, 1.82) is 0 Å². The number of nitrogens with zero attached hydrogens (tertiary/aromatic N) is 1. The van der Waals surface area contributed by atoms with E-state index >= 15 is 0 Å². The molecule has 3 atom stereocenters. The predicted molar refractivity (Wildman–Crippen MR) is 94.0 cm³/mol. The van der Waals surface area contributed by atoms with Crippen LogP contribution < -0.4 is 0 Å². The predicted octanol–water partition coefficient (Wildman–Crippen LogP) is 4.04. The zero-order valence-electron chi connectivity index (χ0n) is 13.4. The van der Waals surface area contributed by atoms with E-state index in [0.29, 0.717) is 19.7 Å². The highest BCUT2D eigenvalue weighted by molar-refractivity contribution is 6.31. The van der Waals surface area contributed by atoms with Gasteiger partial charge >= 0.3 is 0 Å². The van der Waals surface area contributed by atoms with Gasteiger partial charge in [0.15, 0.2) is 0 Å². The standard InChI is InChI=1S/C20H20ClNO2/c21-18-9-5-4-8-15(18)16-12-17(16)20(23)22-10-11-24-19(13-22)14-6-2-1-3-7-14/h1-9,16-17,19H,10-13H2. The largest absolute Gasteiger partial charge is 0.370 e. The van der Waals surface area contributed by atoms with Crippen LogP contribution >= 0.6 is 11.6 Å². The van der Waals surface area contributed by atoms with E-state index in [9.17, 15) is 4.79 Å². The van der Waals surface area contributed by atoms with Crippen LogP contribution in [0.25, 0.3) is 0 Å². The average molecular weight is 342 g/mol. The number of halogens is 1. The van der Waals surface area contributed by atoms with E-state index in [1.807, 2.05) is 47.4 Å². The van der Waals surface area contributed by atoms with Crippen LogP contribution in [0.2, 0.25) is 5.02 Å². The number of hydrogen-bond acceptors (Lipinski definition) is 2. The lowest BCUT2D eigenvalue weighted by Gasteiger charge is -2.33. The molecule has 1 saturated carbocycles. The first kappa shape index (κ1) is 15.7. The Hall–Kier alpha value is -1.84. The molecule has 2 aromatic rings. The molecule has 3 nitrogen and oxygen atoms in total. The summed E-state index contributed by atoms with van der Waals surface area (Å²) in [7, 11) is 0. The highest BCUT2D eigenvalue weighted by Crippen LogP contribution is 2.50. The van der Waals surface area contributed by atoms with Gasteiger partial charge in [-0.1, -0.05) is 60.1 Å². The van der Waals surface area contributed by atoms with Gasteiger partial charge in [0.1, 0.15) is 6.10 Å². The number of carbonyl (C=O) groups excluding carboxylic acids is 1. The molecule has 1 aliphatic carbocycles. The molecule has 0 spiro atoms. The summed E-state index contributed by atoms with van der Waals surface area (Å²) in [5, 5.41) is 0.766. The maximum atomic E-state index is 12.9. The van der Waals surface area contributed by atoms with E-state index in [-0.39, 0.29) is 23.8 Å². The summed E-state index contributed by atoms with van der Waals surface area (Å²) in [6.07, 6.45) is 0.872. The molecule has 4 rings (SSSR count). The molecule has 1 saturated heterocycles. The molecular weight excluding hydrogens is 322 g/mol. The van der Waals surface area contributed by atoms with Crippen LogP contribution in [-0.2, 0) is 9.53 Å². The van der Waals surface area contributed by atoms with Crippen molar-refractivity contribution in [2.45, 2.75) is 18.4 Å². The van der Waals surface area contributed by atoms with Crippen LogP contribution in [-0.4, -0.2) is 30.5 Å². The fourth-order valence-corrected chi connectivity index (χ4v) is 3.82. The normalized spacial score (nSPS) is 26.2. The molecule has 0 radical (unpaired) electrons. The molecule has 124 valence electrons. The van der Waals surface area contributed by atoms with E-state index in [2.05, 4.69) is 12.1 Å². The van der Waals surface area contributed by atoms with Crippen molar-refractivity contribution in [2.24, 2.45) is 5.92 Å². The lowest BCUT2D eigenvalue weighted by atomic mass is 10.1. The van der Waals surface area contributed by atoms with Gasteiger partial charge in [0.25, 0.3) is 0 Å². The smallest absolute Gasteiger partial charge is 0.226 e. The highest BCUT2D eigenvalue weighted by Gasteiger charge is 2.47. The number of morpholine rings is 1. The first-order valence-electron chi connectivity index (χ1n) is 8.44. The zero-order chi connectivity index (χ0) is 16.5. The zero-order valence-corrected chi connectivity index (χ0v) is 14.2. The minimum Gasteiger partial charge on any atom is -0.370 e. The third-order valence-corrected chi connectivity index (χ3v) is 5.31. The molecule has 24 heavy (non-hydrogen) atoms. The molecular formula is C20H20ClNO2. The molecule has 0 aromatic heterocycles. The van der Waals surface area contributed by atoms with Gasteiger partial charge in [-0.2, -0.15) is 0 Å². The average Bonchev–Trinajstić information content (AvgIpc) is 3.43. The highest BCUT2D eigenvalue weighted by atomic mass is 35.5. The molecule has 3 unspecified atom stereocenters. The van der Waals surface area contributed by atoms with E-state index in [1.165, 1.54) is 0 Å². The monoisotopic (exact) mass is 341 g/mol. The Morgan fingerprint density at radius 1 is 1.08 bits per heavy atom. The lowest BCUT2D eigenvalue weighted by Crippen LogP contribution is -2.43. The van der Waals surface area contributed by atoms with Crippen LogP contribution in [0.3, 0.4) is 0 Å². The van der Waals surface area contributed by atoms with E-state index in [0.717, 1.165) is 22.6 Å². The van der Waals surface area contributed by atoms with Gasteiger partial charge in [-0.15, -0.1) is 0 Å². The van der Waals surface area contributed by atoms with Gasteiger partial charge in [-0.25, -0.2) is 0 Å². The van der Waals surface area contributed by atoms with Crippen LogP contribution in [0.1, 0.15) is 29.6 Å². The van der Waals surface area contributed by atoms with Crippen molar-refractivity contribution >= 4 is 17.5 Å². The quantitative estimate of drug-likeness (QED) is 0.843. The summed E-state index contributed by atoms with van der Waals surface area (Å²) in [4.78, 5) is 14.8. The van der Waals surface area contributed by atoms with Gasteiger partial charge in [-0.3, -0.25) is 4.79 Å². The van der Waals surface area contributed by atoms with Crippen molar-refractivity contribution in [3.8, 4) is 0 Å². The summed E-state index contributed by atoms with van der Waals surface area (Å²) in [5.74, 6) is 0.577. The van der Waals surface area contributed by atoms with Crippen LogP contribution in [0.4, 0.5) is 0 Å². The second-order valence-electron chi connectivity index (χ2n) is 6.52. The molecule has 1 aliphatic heterocycles. The van der Waals surface area contributed by atoms with Gasteiger partial charge in [0, 0.05) is 17.5 Å². The Bertz CT molecular complexity index is 733. The number of rotatable bonds is 3. The third-order valence-electron chi connectivity index (χ3n) is 4.96. The Labute approximate surface area is 147 Å². The van der Waals surface area contributed by atoms with Crippen LogP contribution in [0.15, 0.2) is 54.6 Å². The first-order valence-corrected chi connectivity index (χ1v) is 8.81. The number of amides is 1. The number of carbonyl (C=O) groups is 1. The minimum absolute atomic E-state index is 0.0265. The molecule has 1 amide bonds. The maximum absolute atomic E-state index is 12.9. The van der Waals surface area contributed by atoms with Crippen LogP contribution in [0.5, 0.6) is 0 Å². The molecule has 2 fully saturated rings. The summed E-state index contributed by atoms with van der Waals surface area (Å²) in [5.41, 5.74) is 2.24. The molecule has 0 bridgehead atoms. The molecule has 2 aromatic carbocycles. The summed E-state index contributed by atoms with van der Waals surface area (Å²) < 4.78 is 5.86. The van der Waals surface area contributed by atoms with Gasteiger partial charge in [0.2, 0.25) is 5.91 Å². The Morgan fingerprint density at radius 2 is 1.83 bits per heavy atom. The SMILES string of the molecule is O=C(C1CC1c1ccccc1Cl)N1CCOC(c2ccccc2)C1. The summed E-state index contributed by atoms with van der Waals surface area (Å²) in [6, 6.07) is 18.0. The van der Waals surface area contributed by atoms with Gasteiger partial charge in [-0.05, 0) is 29.5 Å². The minimum atomic E-state index is -0.0265. The Kier molecular flexibility index (Phi) is 4.30. The van der Waals surface area contributed by atoms with E-state index in [1.54, 1.807) is 0 Å². The van der Waals surface area contributed by atoms with E-state index < -0.39 is 0 Å². The van der Waals surface area contributed by atoms with Crippen molar-refractivity contribution in [1.82, 2.24) is 4.90 Å². The summed E-state index contributed by atoms with van der Waals surface area (Å²) in [6.45, 7) is 1.90. The maximum Gasteiger partial charge on any atom is 0.226 e. The van der Waals surface area contributed by atoms with Crippen molar-refractivity contribution in [3.05, 3.63) is 70.7 Å². The topological polar surface area (TPSA) is 29.5 Å². The Balaban J connectivity index is 1.43. The van der Waals surface area contributed by atoms with E-state index in [4.69, 9.17) is 16.3 Å². The molecule has 0 N–H and O–H groups in total. The summed E-state index contributed by atoms with van der Waals surface area (Å²) >= 11 is 6.27. The van der Waals surface area contributed by atoms with Crippen LogP contribution in [0, 0.1) is 5.92 Å². The second kappa shape index (κ2) is 6.58. The first-order chi connectivity index (χ1) is 11.7. The molecule has 4 heteroatoms. The van der Waals surface area contributed by atoms with Gasteiger partial charge < -0.3 is 9.64 Å². The number of benzene rings is 2. The van der Waals surface area contributed by atoms with Gasteiger partial charge in [0.05, 0.1) is 13.2 Å². The fraction of sp³-hybridized carbons (Fsp3) is 0.350. The van der Waals surface area contributed by atoms with Crippen molar-refractivity contribution in [2.75, 3.05) is 19.7 Å². The lowest BCUT2D eigenvalue weighted by molar-refractivity contribution is -0.140. The fourth-order valence-electron chi connectivity index (χ4n) is 3.54. The number of hydrogen-bond donors (Lipinski definition) is 0. The van der Waals surface area contributed by atoms with Crippen molar-refractivity contribution < 1.29 is 9.53 Å². The second-order valence-corrected chi connectivity index (χ2v) is 6.93.